The number of carbonyl (C=O) groups excluding carboxylic acids is 2. The fraction of sp³-hybridized carbons (Fsp3) is 0.348. The molecule has 172 valence electrons. The lowest BCUT2D eigenvalue weighted by atomic mass is 10.1. The maximum Gasteiger partial charge on any atom is 0.239 e. The lowest BCUT2D eigenvalue weighted by Crippen LogP contribution is -2.54. The summed E-state index contributed by atoms with van der Waals surface area (Å²) in [6.07, 6.45) is 6.54. The number of carbonyl (C=O) groups is 2. The van der Waals surface area contributed by atoms with Crippen molar-refractivity contribution in [2.75, 3.05) is 26.2 Å². The van der Waals surface area contributed by atoms with Gasteiger partial charge in [-0.15, -0.1) is 24.8 Å². The molecule has 3 heterocycles. The van der Waals surface area contributed by atoms with Crippen LogP contribution in [0.4, 0.5) is 0 Å². The Labute approximate surface area is 200 Å². The molecule has 0 spiro atoms. The highest BCUT2D eigenvalue weighted by atomic mass is 35.5. The Hall–Kier alpha value is -2.61. The Morgan fingerprint density at radius 3 is 2.38 bits per heavy atom. The van der Waals surface area contributed by atoms with E-state index in [0.29, 0.717) is 45.6 Å². The zero-order valence-electron chi connectivity index (χ0n) is 17.8. The SMILES string of the molecule is Cl.Cl.NC(Cc1ccccc1)C(=O)N1CCN(C(=O)CCn2ccc3ccncc32)CC1. The number of nitrogens with zero attached hydrogens (tertiary/aromatic N) is 4. The summed E-state index contributed by atoms with van der Waals surface area (Å²) in [6, 6.07) is 13.3. The van der Waals surface area contributed by atoms with Crippen molar-refractivity contribution >= 4 is 47.5 Å². The molecular formula is C23H29Cl2N5O2. The van der Waals surface area contributed by atoms with Gasteiger partial charge in [0.25, 0.3) is 0 Å². The fourth-order valence-electron chi connectivity index (χ4n) is 3.96. The van der Waals surface area contributed by atoms with Gasteiger partial charge < -0.3 is 20.1 Å². The highest BCUT2D eigenvalue weighted by molar-refractivity contribution is 5.85. The summed E-state index contributed by atoms with van der Waals surface area (Å²) in [5.74, 6) is 0.0682. The summed E-state index contributed by atoms with van der Waals surface area (Å²) in [6.45, 7) is 2.79. The van der Waals surface area contributed by atoms with E-state index in [-0.39, 0.29) is 36.6 Å². The molecule has 3 aromatic rings. The molecule has 32 heavy (non-hydrogen) atoms. The van der Waals surface area contributed by atoms with E-state index in [4.69, 9.17) is 5.73 Å². The van der Waals surface area contributed by atoms with Crippen LogP contribution in [0, 0.1) is 0 Å². The molecule has 1 atom stereocenters. The Morgan fingerprint density at radius 1 is 0.969 bits per heavy atom. The van der Waals surface area contributed by atoms with E-state index in [9.17, 15) is 9.59 Å². The first-order chi connectivity index (χ1) is 14.6. The standard InChI is InChI=1S/C23H27N5O2.2ClH/c24-20(16-18-4-2-1-3-5-18)23(30)28-14-12-27(13-15-28)22(29)8-11-26-10-7-19-6-9-25-17-21(19)26;;/h1-7,9-10,17,20H,8,11-16,24H2;2*1H. The van der Waals surface area contributed by atoms with Crippen molar-refractivity contribution in [2.24, 2.45) is 5.73 Å². The van der Waals surface area contributed by atoms with E-state index < -0.39 is 6.04 Å². The van der Waals surface area contributed by atoms with Gasteiger partial charge in [0.15, 0.2) is 0 Å². The third-order valence-corrected chi connectivity index (χ3v) is 5.70. The minimum atomic E-state index is -0.551. The van der Waals surface area contributed by atoms with Crippen LogP contribution in [0.25, 0.3) is 10.9 Å². The minimum Gasteiger partial charge on any atom is -0.346 e. The van der Waals surface area contributed by atoms with Crippen LogP contribution in [0.3, 0.4) is 0 Å². The molecule has 1 fully saturated rings. The van der Waals surface area contributed by atoms with Gasteiger partial charge in [-0.2, -0.15) is 0 Å². The first-order valence-electron chi connectivity index (χ1n) is 10.4. The topological polar surface area (TPSA) is 84.5 Å². The van der Waals surface area contributed by atoms with Crippen LogP contribution in [0.5, 0.6) is 0 Å². The van der Waals surface area contributed by atoms with Crippen molar-refractivity contribution in [2.45, 2.75) is 25.4 Å². The maximum atomic E-state index is 12.7. The van der Waals surface area contributed by atoms with Crippen LogP contribution < -0.4 is 5.73 Å². The monoisotopic (exact) mass is 477 g/mol. The molecule has 0 bridgehead atoms. The van der Waals surface area contributed by atoms with Crippen molar-refractivity contribution in [1.82, 2.24) is 19.4 Å². The van der Waals surface area contributed by atoms with Gasteiger partial charge in [0, 0.05) is 56.9 Å². The molecule has 2 aromatic heterocycles. The lowest BCUT2D eigenvalue weighted by molar-refractivity contribution is -0.140. The third-order valence-electron chi connectivity index (χ3n) is 5.70. The molecule has 1 aromatic carbocycles. The highest BCUT2D eigenvalue weighted by Crippen LogP contribution is 2.15. The van der Waals surface area contributed by atoms with Gasteiger partial charge in [-0.25, -0.2) is 0 Å². The first kappa shape index (κ1) is 25.6. The zero-order chi connectivity index (χ0) is 20.9. The maximum absolute atomic E-state index is 12.7. The predicted octanol–water partition coefficient (Wildman–Crippen LogP) is 2.51. The summed E-state index contributed by atoms with van der Waals surface area (Å²) in [7, 11) is 0. The van der Waals surface area contributed by atoms with Crippen LogP contribution in [0.15, 0.2) is 61.1 Å². The smallest absolute Gasteiger partial charge is 0.239 e. The Bertz CT molecular complexity index is 1020. The number of hydrogen-bond acceptors (Lipinski definition) is 4. The van der Waals surface area contributed by atoms with Gasteiger partial charge in [-0.1, -0.05) is 30.3 Å². The number of halogens is 2. The van der Waals surface area contributed by atoms with Gasteiger partial charge >= 0.3 is 0 Å². The van der Waals surface area contributed by atoms with Crippen molar-refractivity contribution in [3.8, 4) is 0 Å². The summed E-state index contributed by atoms with van der Waals surface area (Å²) in [5.41, 5.74) is 8.23. The predicted molar refractivity (Wildman–Crippen MR) is 130 cm³/mol. The van der Waals surface area contributed by atoms with E-state index in [2.05, 4.69) is 9.55 Å². The number of hydrogen-bond donors (Lipinski definition) is 1. The minimum absolute atomic E-state index is 0. The van der Waals surface area contributed by atoms with Crippen LogP contribution in [0.2, 0.25) is 0 Å². The Morgan fingerprint density at radius 2 is 1.66 bits per heavy atom. The molecule has 7 nitrogen and oxygen atoms in total. The van der Waals surface area contributed by atoms with E-state index in [1.807, 2.05) is 59.8 Å². The quantitative estimate of drug-likeness (QED) is 0.590. The fourth-order valence-corrected chi connectivity index (χ4v) is 3.96. The van der Waals surface area contributed by atoms with Crippen molar-refractivity contribution < 1.29 is 9.59 Å². The second-order valence-corrected chi connectivity index (χ2v) is 7.70. The molecule has 2 N–H and O–H groups in total. The molecule has 1 aliphatic heterocycles. The molecule has 0 saturated carbocycles. The Balaban J connectivity index is 0.00000181. The van der Waals surface area contributed by atoms with Crippen LogP contribution in [-0.4, -0.2) is 63.4 Å². The number of amides is 2. The number of aromatic nitrogens is 2. The molecule has 0 aliphatic carbocycles. The molecule has 4 rings (SSSR count). The summed E-state index contributed by atoms with van der Waals surface area (Å²) >= 11 is 0. The number of fused-ring (bicyclic) bond motifs is 1. The van der Waals surface area contributed by atoms with Gasteiger partial charge in [-0.05, 0) is 24.1 Å². The van der Waals surface area contributed by atoms with Crippen molar-refractivity contribution in [1.29, 1.82) is 0 Å². The van der Waals surface area contributed by atoms with E-state index in [1.165, 1.54) is 0 Å². The average Bonchev–Trinajstić information content (AvgIpc) is 3.21. The van der Waals surface area contributed by atoms with Crippen molar-refractivity contribution in [3.05, 3.63) is 66.6 Å². The molecule has 1 aliphatic rings. The van der Waals surface area contributed by atoms with Crippen molar-refractivity contribution in [3.63, 3.8) is 0 Å². The van der Waals surface area contributed by atoms with Gasteiger partial charge in [0.2, 0.25) is 11.8 Å². The molecule has 2 amide bonds. The molecule has 1 saturated heterocycles. The van der Waals surface area contributed by atoms with Crippen LogP contribution >= 0.6 is 24.8 Å². The average molecular weight is 478 g/mol. The van der Waals surface area contributed by atoms with Crippen LogP contribution in [-0.2, 0) is 22.6 Å². The molecule has 9 heteroatoms. The second kappa shape index (κ2) is 11.9. The number of pyridine rings is 1. The normalized spacial score (nSPS) is 14.4. The molecular weight excluding hydrogens is 449 g/mol. The van der Waals surface area contributed by atoms with Gasteiger partial charge in [0.05, 0.1) is 17.8 Å². The zero-order valence-corrected chi connectivity index (χ0v) is 19.4. The first-order valence-corrected chi connectivity index (χ1v) is 10.4. The van der Waals surface area contributed by atoms with Gasteiger partial charge in [0.1, 0.15) is 0 Å². The molecule has 0 radical (unpaired) electrons. The highest BCUT2D eigenvalue weighted by Gasteiger charge is 2.27. The number of aryl methyl sites for hydroxylation is 1. The van der Waals surface area contributed by atoms with E-state index in [1.54, 1.807) is 11.1 Å². The number of nitrogens with two attached hydrogens (primary N) is 1. The Kier molecular flexibility index (Phi) is 9.50. The van der Waals surface area contributed by atoms with Gasteiger partial charge in [-0.3, -0.25) is 14.6 Å². The summed E-state index contributed by atoms with van der Waals surface area (Å²) in [5, 5.41) is 1.12. The largest absolute Gasteiger partial charge is 0.346 e. The van der Waals surface area contributed by atoms with E-state index >= 15 is 0 Å². The summed E-state index contributed by atoms with van der Waals surface area (Å²) < 4.78 is 2.06. The van der Waals surface area contributed by atoms with E-state index in [0.717, 1.165) is 16.5 Å². The number of rotatable bonds is 6. The third kappa shape index (κ3) is 6.00. The van der Waals surface area contributed by atoms with Crippen LogP contribution in [0.1, 0.15) is 12.0 Å². The summed E-state index contributed by atoms with van der Waals surface area (Å²) in [4.78, 5) is 33.1. The number of piperazine rings is 1. The second-order valence-electron chi connectivity index (χ2n) is 7.70. The number of benzene rings is 1. The molecule has 1 unspecified atom stereocenters. The lowest BCUT2D eigenvalue weighted by Gasteiger charge is -2.36.